The van der Waals surface area contributed by atoms with Crippen molar-refractivity contribution in [2.75, 3.05) is 25.5 Å². The van der Waals surface area contributed by atoms with Gasteiger partial charge < -0.3 is 29.9 Å². The SMILES string of the molecule is CN1CC[C@@](O)(c2cc(-c3cccc(-c4ccnc(Nc5ccn(CCNC(=O)OC(C)(C)C)n5)n4)n3)no2)C1=O. The minimum atomic E-state index is -1.73. The van der Waals surface area contributed by atoms with Crippen LogP contribution in [0, 0.1) is 0 Å². The Hall–Kier alpha value is -4.85. The van der Waals surface area contributed by atoms with E-state index in [9.17, 15) is 14.7 Å². The third-order valence-corrected chi connectivity index (χ3v) is 6.25. The Morgan fingerprint density at radius 3 is 2.63 bits per heavy atom. The molecule has 1 atom stereocenters. The molecule has 1 aliphatic heterocycles. The molecule has 4 aromatic rings. The first-order chi connectivity index (χ1) is 19.5. The summed E-state index contributed by atoms with van der Waals surface area (Å²) in [6.45, 7) is 6.64. The quantitative estimate of drug-likeness (QED) is 0.289. The van der Waals surface area contributed by atoms with E-state index in [1.165, 1.54) is 11.0 Å². The molecular weight excluding hydrogens is 530 g/mol. The number of alkyl carbamates (subject to hydrolysis) is 1. The van der Waals surface area contributed by atoms with Gasteiger partial charge in [0.1, 0.15) is 11.3 Å². The maximum atomic E-state index is 12.4. The van der Waals surface area contributed by atoms with Crippen molar-refractivity contribution in [1.29, 1.82) is 0 Å². The number of likely N-dealkylation sites (tertiary alicyclic amines) is 1. The largest absolute Gasteiger partial charge is 0.444 e. The highest BCUT2D eigenvalue weighted by atomic mass is 16.6. The minimum absolute atomic E-state index is 0.0858. The second-order valence-corrected chi connectivity index (χ2v) is 10.6. The van der Waals surface area contributed by atoms with E-state index in [0.717, 1.165) is 0 Å². The van der Waals surface area contributed by atoms with Crippen molar-refractivity contribution < 1.29 is 24.0 Å². The molecule has 0 bridgehead atoms. The first-order valence-corrected chi connectivity index (χ1v) is 13.0. The van der Waals surface area contributed by atoms with Gasteiger partial charge in [-0.2, -0.15) is 5.10 Å². The van der Waals surface area contributed by atoms with Crippen LogP contribution in [0.3, 0.4) is 0 Å². The molecule has 0 aliphatic carbocycles. The Bertz CT molecular complexity index is 1560. The highest BCUT2D eigenvalue weighted by Crippen LogP contribution is 2.34. The van der Waals surface area contributed by atoms with Crippen molar-refractivity contribution in [2.24, 2.45) is 0 Å². The van der Waals surface area contributed by atoms with Gasteiger partial charge in [-0.05, 0) is 39.0 Å². The molecule has 0 aromatic carbocycles. The fraction of sp³-hybridized carbons (Fsp3) is 0.370. The van der Waals surface area contributed by atoms with Crippen LogP contribution in [0.15, 0.2) is 53.3 Å². The van der Waals surface area contributed by atoms with Crippen LogP contribution in [0.5, 0.6) is 0 Å². The van der Waals surface area contributed by atoms with Crippen LogP contribution < -0.4 is 10.6 Å². The van der Waals surface area contributed by atoms with Crippen LogP contribution in [0.2, 0.25) is 0 Å². The highest BCUT2D eigenvalue weighted by molar-refractivity contribution is 5.87. The number of aliphatic hydroxyl groups is 1. The molecule has 214 valence electrons. The van der Waals surface area contributed by atoms with Crippen molar-refractivity contribution in [3.8, 4) is 22.8 Å². The van der Waals surface area contributed by atoms with Gasteiger partial charge in [-0.25, -0.2) is 19.7 Å². The predicted molar refractivity (Wildman–Crippen MR) is 147 cm³/mol. The zero-order chi connectivity index (χ0) is 29.2. The Labute approximate surface area is 235 Å². The topological polar surface area (TPSA) is 173 Å². The number of anilines is 2. The number of carbonyl (C=O) groups is 2. The normalized spacial score (nSPS) is 17.1. The lowest BCUT2D eigenvalue weighted by Crippen LogP contribution is -2.35. The van der Waals surface area contributed by atoms with Crippen LogP contribution in [0.1, 0.15) is 33.0 Å². The molecule has 0 saturated carbocycles. The third kappa shape index (κ3) is 6.32. The molecule has 0 unspecified atom stereocenters. The summed E-state index contributed by atoms with van der Waals surface area (Å²) in [5.41, 5.74) is -0.294. The number of carbonyl (C=O) groups excluding carboxylic acids is 2. The van der Waals surface area contributed by atoms with Gasteiger partial charge in [-0.1, -0.05) is 11.2 Å². The summed E-state index contributed by atoms with van der Waals surface area (Å²) in [5.74, 6) is 0.510. The summed E-state index contributed by atoms with van der Waals surface area (Å²) in [4.78, 5) is 39.2. The maximum Gasteiger partial charge on any atom is 0.407 e. The number of pyridine rings is 1. The fourth-order valence-electron chi connectivity index (χ4n) is 4.21. The zero-order valence-corrected chi connectivity index (χ0v) is 23.2. The molecule has 1 fully saturated rings. The zero-order valence-electron chi connectivity index (χ0n) is 23.2. The summed E-state index contributed by atoms with van der Waals surface area (Å²) in [5, 5.41) is 25.1. The number of hydrogen-bond donors (Lipinski definition) is 3. The van der Waals surface area contributed by atoms with Crippen LogP contribution >= 0.6 is 0 Å². The molecule has 41 heavy (non-hydrogen) atoms. The lowest BCUT2D eigenvalue weighted by Gasteiger charge is -2.19. The summed E-state index contributed by atoms with van der Waals surface area (Å²) in [7, 11) is 1.63. The van der Waals surface area contributed by atoms with Crippen molar-refractivity contribution in [3.05, 3.63) is 54.6 Å². The van der Waals surface area contributed by atoms with Crippen molar-refractivity contribution in [1.82, 2.24) is 40.1 Å². The number of ether oxygens (including phenoxy) is 1. The van der Waals surface area contributed by atoms with Gasteiger partial charge in [0.15, 0.2) is 11.6 Å². The summed E-state index contributed by atoms with van der Waals surface area (Å²) in [6.07, 6.45) is 3.12. The molecule has 5 heterocycles. The smallest absolute Gasteiger partial charge is 0.407 e. The van der Waals surface area contributed by atoms with Crippen LogP contribution in [0.4, 0.5) is 16.6 Å². The molecule has 5 rings (SSSR count). The number of amides is 2. The summed E-state index contributed by atoms with van der Waals surface area (Å²) < 4.78 is 12.3. The van der Waals surface area contributed by atoms with Crippen LogP contribution in [-0.4, -0.2) is 77.6 Å². The van der Waals surface area contributed by atoms with Crippen LogP contribution in [0.25, 0.3) is 22.8 Å². The molecule has 4 aromatic heterocycles. The molecule has 2 amide bonds. The Morgan fingerprint density at radius 1 is 1.15 bits per heavy atom. The molecular formula is C27H31N9O5. The van der Waals surface area contributed by atoms with Crippen LogP contribution in [-0.2, 0) is 21.7 Å². The third-order valence-electron chi connectivity index (χ3n) is 6.25. The molecule has 1 saturated heterocycles. The van der Waals surface area contributed by atoms with Crippen molar-refractivity contribution in [3.63, 3.8) is 0 Å². The number of hydrogen-bond acceptors (Lipinski definition) is 11. The van der Waals surface area contributed by atoms with Gasteiger partial charge in [0.25, 0.3) is 5.91 Å². The lowest BCUT2D eigenvalue weighted by molar-refractivity contribution is -0.144. The minimum Gasteiger partial charge on any atom is -0.444 e. The Kier molecular flexibility index (Phi) is 7.41. The lowest BCUT2D eigenvalue weighted by atomic mass is 9.98. The number of aromatic nitrogens is 6. The van der Waals surface area contributed by atoms with Gasteiger partial charge in [0.2, 0.25) is 11.5 Å². The van der Waals surface area contributed by atoms with E-state index in [0.29, 0.717) is 54.2 Å². The number of rotatable bonds is 8. The van der Waals surface area contributed by atoms with Gasteiger partial charge in [-0.15, -0.1) is 0 Å². The average Bonchev–Trinajstić information content (AvgIpc) is 3.66. The standard InChI is InChI=1S/C27H31N9O5/c1-26(2,3)40-25(38)29-12-15-36-13-9-22(33-36)32-24-28-11-8-19(31-24)17-6-5-7-18(30-17)20-16-21(41-34-20)27(39)10-14-35(4)23(27)37/h5-9,11,13,16,39H,10,12,14-15H2,1-4H3,(H,29,38)(H,28,31,32,33)/t27-/m1/s1. The molecule has 0 radical (unpaired) electrons. The van der Waals surface area contributed by atoms with E-state index in [4.69, 9.17) is 9.26 Å². The summed E-state index contributed by atoms with van der Waals surface area (Å²) in [6, 6.07) is 10.4. The summed E-state index contributed by atoms with van der Waals surface area (Å²) >= 11 is 0. The monoisotopic (exact) mass is 561 g/mol. The maximum absolute atomic E-state index is 12.4. The van der Waals surface area contributed by atoms with E-state index >= 15 is 0 Å². The molecule has 14 heteroatoms. The Morgan fingerprint density at radius 2 is 1.90 bits per heavy atom. The first-order valence-electron chi connectivity index (χ1n) is 13.0. The number of nitrogens with zero attached hydrogens (tertiary/aromatic N) is 7. The van der Waals surface area contributed by atoms with Gasteiger partial charge in [-0.3, -0.25) is 9.48 Å². The van der Waals surface area contributed by atoms with E-state index in [1.54, 1.807) is 75.2 Å². The fourth-order valence-corrected chi connectivity index (χ4v) is 4.21. The number of nitrogens with one attached hydrogen (secondary N) is 2. The van der Waals surface area contributed by atoms with E-state index in [2.05, 4.69) is 35.8 Å². The first kappa shape index (κ1) is 27.7. The molecule has 3 N–H and O–H groups in total. The number of likely N-dealkylation sites (N-methyl/N-ethyl adjacent to an activating group) is 1. The van der Waals surface area contributed by atoms with Gasteiger partial charge in [0, 0.05) is 51.1 Å². The van der Waals surface area contributed by atoms with Gasteiger partial charge in [0.05, 0.1) is 23.6 Å². The van der Waals surface area contributed by atoms with Crippen molar-refractivity contribution >= 4 is 23.8 Å². The molecule has 14 nitrogen and oxygen atoms in total. The van der Waals surface area contributed by atoms with E-state index in [1.807, 2.05) is 0 Å². The Balaban J connectivity index is 1.24. The predicted octanol–water partition coefficient (Wildman–Crippen LogP) is 2.71. The highest BCUT2D eigenvalue weighted by Gasteiger charge is 2.48. The second kappa shape index (κ2) is 11.0. The van der Waals surface area contributed by atoms with Gasteiger partial charge >= 0.3 is 6.09 Å². The van der Waals surface area contributed by atoms with Crippen molar-refractivity contribution in [2.45, 2.75) is 44.9 Å². The molecule has 0 spiro atoms. The molecule has 1 aliphatic rings. The van der Waals surface area contributed by atoms with E-state index in [-0.39, 0.29) is 12.2 Å². The second-order valence-electron chi connectivity index (χ2n) is 10.6. The average molecular weight is 562 g/mol. The van der Waals surface area contributed by atoms with E-state index < -0.39 is 23.2 Å².